The molecule has 3 aliphatic heterocycles. The minimum Gasteiger partial charge on any atom is -0.456 e. The van der Waals surface area contributed by atoms with Crippen molar-refractivity contribution in [2.24, 2.45) is 34.6 Å². The number of likely N-dealkylation sites (tertiary alicyclic amines) is 1. The molecule has 1 saturated carbocycles. The van der Waals surface area contributed by atoms with Crippen LogP contribution in [0.25, 0.3) is 0 Å². The van der Waals surface area contributed by atoms with Crippen molar-refractivity contribution < 1.29 is 53.4 Å². The second-order valence-electron chi connectivity index (χ2n) is 17.7. The molecule has 1 amide bonds. The van der Waals surface area contributed by atoms with Gasteiger partial charge in [0.05, 0.1) is 30.5 Å². The lowest BCUT2D eigenvalue weighted by atomic mass is 9.82. The van der Waals surface area contributed by atoms with E-state index in [1.165, 1.54) is 4.90 Å². The highest BCUT2D eigenvalue weighted by molar-refractivity contribution is 6.39. The molecule has 59 heavy (non-hydrogen) atoms. The molecule has 4 rings (SSSR count). The fourth-order valence-electron chi connectivity index (χ4n) is 9.49. The van der Waals surface area contributed by atoms with Gasteiger partial charge in [-0.05, 0) is 95.5 Å². The first-order valence-electron chi connectivity index (χ1n) is 21.6. The Bertz CT molecular complexity index is 1560. The largest absolute Gasteiger partial charge is 0.456 e. The number of carbonyl (C=O) groups excluding carboxylic acids is 3. The third kappa shape index (κ3) is 12.1. The highest BCUT2D eigenvalue weighted by Crippen LogP contribution is 2.39. The number of allylic oxidation sites excluding steroid dienone is 4. The van der Waals surface area contributed by atoms with Crippen molar-refractivity contribution in [3.8, 4) is 0 Å². The van der Waals surface area contributed by atoms with Crippen LogP contribution in [0, 0.1) is 29.6 Å². The van der Waals surface area contributed by atoms with Crippen LogP contribution in [0.1, 0.15) is 105 Å². The van der Waals surface area contributed by atoms with E-state index in [9.17, 15) is 29.7 Å². The number of amides is 1. The van der Waals surface area contributed by atoms with Gasteiger partial charge in [0.25, 0.3) is 11.7 Å². The fourth-order valence-corrected chi connectivity index (χ4v) is 9.49. The molecule has 0 radical (unpaired) electrons. The number of methoxy groups -OCH3 is 3. The predicted octanol–water partition coefficient (Wildman–Crippen LogP) is 5.65. The number of aliphatic hydroxyl groups excluding tert-OH is 2. The second-order valence-corrected chi connectivity index (χ2v) is 17.7. The average Bonchev–Trinajstić information content (AvgIpc) is 3.65. The number of rotatable bonds is 20. The summed E-state index contributed by atoms with van der Waals surface area (Å²) < 4.78 is 29.7. The smallest absolute Gasteiger partial charge is 0.329 e. The summed E-state index contributed by atoms with van der Waals surface area (Å²) in [5.41, 5.74) is 2.56. The molecule has 0 aromatic heterocycles. The standard InChI is InChI=1S/C46H72N2O11/c1-11-14-33-18-19-47-34(33)26-37(50)31(7)41(29(5)23-32-16-17-36(49)38(25-32)55-8)58-45(53)35-15-12-13-20-48(35)44(52)43(51)46(54)30(6)24-40(57-10)42(59-46)39(56-9)22-28(4)21-27(2)3/h11,18-19,23,28,30-33,35-42,49-50,54H,1-2,12-17,20-22,24-26H2,3-10H3/b29-23+/t28-,30+,31+,32-,33+,35-,36+,37-,38+,39-,40-,41+,42+,46+/m0/s1. The van der Waals surface area contributed by atoms with Crippen molar-refractivity contribution in [1.29, 1.82) is 0 Å². The van der Waals surface area contributed by atoms with E-state index in [0.717, 1.165) is 23.3 Å². The van der Waals surface area contributed by atoms with Crippen LogP contribution >= 0.6 is 0 Å². The van der Waals surface area contributed by atoms with Crippen LogP contribution in [0.5, 0.6) is 0 Å². The van der Waals surface area contributed by atoms with E-state index in [1.807, 2.05) is 39.0 Å². The number of carbonyl (C=O) groups is 3. The van der Waals surface area contributed by atoms with Gasteiger partial charge < -0.3 is 43.9 Å². The Labute approximate surface area is 351 Å². The molecule has 3 fully saturated rings. The van der Waals surface area contributed by atoms with Crippen LogP contribution in [0.15, 0.2) is 53.7 Å². The van der Waals surface area contributed by atoms with E-state index in [0.29, 0.717) is 44.9 Å². The summed E-state index contributed by atoms with van der Waals surface area (Å²) in [4.78, 5) is 48.7. The number of Topliss-reactive ketones (excluding diaryl/α,β-unsaturated/α-hetero) is 1. The zero-order valence-electron chi connectivity index (χ0n) is 36.7. The number of ketones is 1. The van der Waals surface area contributed by atoms with Crippen LogP contribution in [-0.4, -0.2) is 126 Å². The zero-order valence-corrected chi connectivity index (χ0v) is 36.7. The number of hydrogen-bond donors (Lipinski definition) is 3. The van der Waals surface area contributed by atoms with Gasteiger partial charge in [0, 0.05) is 64.0 Å². The maximum Gasteiger partial charge on any atom is 0.329 e. The molecule has 0 aromatic carbocycles. The minimum atomic E-state index is -2.49. The summed E-state index contributed by atoms with van der Waals surface area (Å²) in [6, 6.07) is -1.11. The van der Waals surface area contributed by atoms with Crippen LogP contribution in [0.3, 0.4) is 0 Å². The van der Waals surface area contributed by atoms with Crippen LogP contribution in [-0.2, 0) is 38.1 Å². The van der Waals surface area contributed by atoms with Crippen molar-refractivity contribution in [3.63, 3.8) is 0 Å². The summed E-state index contributed by atoms with van der Waals surface area (Å²) in [5.74, 6) is -6.55. The molecular weight excluding hydrogens is 757 g/mol. The van der Waals surface area contributed by atoms with E-state index >= 15 is 0 Å². The van der Waals surface area contributed by atoms with Crippen molar-refractivity contribution in [2.45, 2.75) is 160 Å². The molecule has 3 N–H and O–H groups in total. The first-order valence-corrected chi connectivity index (χ1v) is 21.6. The normalized spacial score (nSPS) is 32.7. The third-order valence-corrected chi connectivity index (χ3v) is 13.0. The SMILES string of the molecule is C=CC[C@@H]1C=CN=C1C[C@H](O)[C@@H](C)[C@H](OC(=O)[C@@H]1CCCCN1C(=O)C(=O)[C@]1(O)O[C@H]([C@H](C[C@@H](C)CC(=C)C)OC)[C@@H](OC)C[C@H]1C)/C(C)=C/[C@@H]1CC[C@@H](O)[C@H](OC)C1. The molecule has 3 heterocycles. The number of esters is 1. The van der Waals surface area contributed by atoms with Gasteiger partial charge in [-0.15, -0.1) is 13.2 Å². The molecule has 0 aromatic rings. The van der Waals surface area contributed by atoms with Crippen molar-refractivity contribution in [2.75, 3.05) is 27.9 Å². The Morgan fingerprint density at radius 3 is 2.44 bits per heavy atom. The third-order valence-electron chi connectivity index (χ3n) is 13.0. The van der Waals surface area contributed by atoms with Crippen LogP contribution in [0.4, 0.5) is 0 Å². The van der Waals surface area contributed by atoms with E-state index in [-0.39, 0.29) is 49.7 Å². The van der Waals surface area contributed by atoms with Crippen LogP contribution < -0.4 is 0 Å². The van der Waals surface area contributed by atoms with Crippen molar-refractivity contribution in [3.05, 3.63) is 48.7 Å². The van der Waals surface area contributed by atoms with Gasteiger partial charge in [-0.1, -0.05) is 44.6 Å². The first-order chi connectivity index (χ1) is 28.0. The lowest BCUT2D eigenvalue weighted by Crippen LogP contribution is -2.64. The molecule has 0 bridgehead atoms. The highest BCUT2D eigenvalue weighted by atomic mass is 16.7. The Morgan fingerprint density at radius 2 is 1.80 bits per heavy atom. The topological polar surface area (TPSA) is 174 Å². The monoisotopic (exact) mass is 829 g/mol. The Morgan fingerprint density at radius 1 is 1.08 bits per heavy atom. The molecule has 13 heteroatoms. The maximum atomic E-state index is 14.4. The van der Waals surface area contributed by atoms with Crippen LogP contribution in [0.2, 0.25) is 0 Å². The summed E-state index contributed by atoms with van der Waals surface area (Å²) in [5, 5.41) is 34.1. The molecule has 0 spiro atoms. The lowest BCUT2D eigenvalue weighted by Gasteiger charge is -2.47. The summed E-state index contributed by atoms with van der Waals surface area (Å²) in [6.07, 6.45) is 8.66. The molecule has 14 atom stereocenters. The van der Waals surface area contributed by atoms with Gasteiger partial charge in [0.15, 0.2) is 0 Å². The van der Waals surface area contributed by atoms with E-state index < -0.39 is 77.9 Å². The molecule has 1 aliphatic carbocycles. The fraction of sp³-hybridized carbons (Fsp3) is 0.739. The summed E-state index contributed by atoms with van der Waals surface area (Å²) >= 11 is 0. The quantitative estimate of drug-likeness (QED) is 0.0786. The van der Waals surface area contributed by atoms with Crippen molar-refractivity contribution >= 4 is 23.4 Å². The van der Waals surface area contributed by atoms with Gasteiger partial charge in [-0.25, -0.2) is 4.79 Å². The molecule has 0 unspecified atom stereocenters. The molecule has 2 saturated heterocycles. The number of nitrogens with zero attached hydrogens (tertiary/aromatic N) is 2. The molecule has 4 aliphatic rings. The maximum absolute atomic E-state index is 14.4. The van der Waals surface area contributed by atoms with Gasteiger partial charge in [0.2, 0.25) is 5.79 Å². The Hall–Kier alpha value is -3.04. The molecular formula is C46H72N2O11. The molecule has 13 nitrogen and oxygen atoms in total. The van der Waals surface area contributed by atoms with Gasteiger partial charge in [0.1, 0.15) is 18.2 Å². The van der Waals surface area contributed by atoms with Gasteiger partial charge >= 0.3 is 5.97 Å². The Kier molecular flexibility index (Phi) is 18.3. The number of aliphatic imine (C=N–C) groups is 1. The van der Waals surface area contributed by atoms with E-state index in [1.54, 1.807) is 34.5 Å². The van der Waals surface area contributed by atoms with Gasteiger partial charge in [-0.3, -0.25) is 14.6 Å². The highest BCUT2D eigenvalue weighted by Gasteiger charge is 2.56. The van der Waals surface area contributed by atoms with E-state index in [4.69, 9.17) is 23.7 Å². The number of aliphatic hydroxyl groups is 3. The Balaban J connectivity index is 1.58. The van der Waals surface area contributed by atoms with Crippen molar-refractivity contribution in [1.82, 2.24) is 4.90 Å². The first kappa shape index (κ1) is 48.6. The second kappa shape index (κ2) is 22.2. The lowest BCUT2D eigenvalue weighted by molar-refractivity contribution is -0.302. The van der Waals surface area contributed by atoms with E-state index in [2.05, 4.69) is 25.1 Å². The zero-order chi connectivity index (χ0) is 43.6. The predicted molar refractivity (Wildman–Crippen MR) is 225 cm³/mol. The molecule has 332 valence electrons. The van der Waals surface area contributed by atoms with Gasteiger partial charge in [-0.2, -0.15) is 0 Å². The minimum absolute atomic E-state index is 0.0257. The average molecular weight is 829 g/mol. The number of hydrogen-bond acceptors (Lipinski definition) is 12. The summed E-state index contributed by atoms with van der Waals surface area (Å²) in [7, 11) is 4.66. The number of piperidine rings is 1. The number of ether oxygens (including phenoxy) is 5. The summed E-state index contributed by atoms with van der Waals surface area (Å²) in [6.45, 7) is 17.3.